The predicted molar refractivity (Wildman–Crippen MR) is 92.7 cm³/mol. The van der Waals surface area contributed by atoms with Crippen LogP contribution in [0.3, 0.4) is 0 Å². The van der Waals surface area contributed by atoms with Crippen molar-refractivity contribution in [1.29, 1.82) is 0 Å². The summed E-state index contributed by atoms with van der Waals surface area (Å²) in [6.07, 6.45) is 4.08. The van der Waals surface area contributed by atoms with Crippen LogP contribution in [-0.4, -0.2) is 26.4 Å². The Labute approximate surface area is 144 Å². The van der Waals surface area contributed by atoms with E-state index in [2.05, 4.69) is 22.1 Å². The summed E-state index contributed by atoms with van der Waals surface area (Å²) in [5.74, 6) is 1.11. The first-order valence-corrected chi connectivity index (χ1v) is 8.80. The van der Waals surface area contributed by atoms with E-state index in [0.29, 0.717) is 28.9 Å². The van der Waals surface area contributed by atoms with Crippen LogP contribution in [0.4, 0.5) is 10.1 Å². The molecule has 0 atom stereocenters. The third-order valence-corrected chi connectivity index (χ3v) is 4.75. The van der Waals surface area contributed by atoms with Gasteiger partial charge in [0.2, 0.25) is 5.91 Å². The van der Waals surface area contributed by atoms with Crippen LogP contribution >= 0.6 is 11.8 Å². The molecule has 24 heavy (non-hydrogen) atoms. The van der Waals surface area contributed by atoms with Gasteiger partial charge in [0.25, 0.3) is 0 Å². The smallest absolute Gasteiger partial charge is 0.234 e. The molecule has 1 heterocycles. The topological polar surface area (TPSA) is 59.8 Å². The number of amides is 1. The Morgan fingerprint density at radius 1 is 1.50 bits per heavy atom. The van der Waals surface area contributed by atoms with Crippen molar-refractivity contribution in [3.05, 3.63) is 48.1 Å². The van der Waals surface area contributed by atoms with Crippen molar-refractivity contribution in [3.63, 3.8) is 0 Å². The molecule has 0 aliphatic heterocycles. The number of thioether (sulfide) groups is 1. The van der Waals surface area contributed by atoms with Gasteiger partial charge in [-0.1, -0.05) is 23.9 Å². The van der Waals surface area contributed by atoms with Gasteiger partial charge < -0.3 is 9.88 Å². The van der Waals surface area contributed by atoms with Crippen LogP contribution in [0, 0.1) is 12.7 Å². The molecule has 0 radical (unpaired) electrons. The number of aryl methyl sites for hydroxylation is 1. The molecule has 1 fully saturated rings. The first-order chi connectivity index (χ1) is 11.6. The van der Waals surface area contributed by atoms with Crippen molar-refractivity contribution < 1.29 is 9.18 Å². The summed E-state index contributed by atoms with van der Waals surface area (Å²) in [7, 11) is 0. The van der Waals surface area contributed by atoms with Crippen molar-refractivity contribution in [2.75, 3.05) is 11.1 Å². The first kappa shape index (κ1) is 16.7. The predicted octanol–water partition coefficient (Wildman–Crippen LogP) is 3.52. The highest BCUT2D eigenvalue weighted by molar-refractivity contribution is 7.99. The number of carbonyl (C=O) groups excluding carboxylic acids is 1. The average Bonchev–Trinajstić information content (AvgIpc) is 3.32. The zero-order valence-corrected chi connectivity index (χ0v) is 14.3. The van der Waals surface area contributed by atoms with Crippen LogP contribution in [-0.2, 0) is 11.3 Å². The normalized spacial score (nSPS) is 13.8. The summed E-state index contributed by atoms with van der Waals surface area (Å²) in [4.78, 5) is 12.1. The molecule has 1 saturated carbocycles. The number of nitrogens with zero attached hydrogens (tertiary/aromatic N) is 3. The molecule has 7 heteroatoms. The standard InChI is InChI=1S/C17H19FN4OS/c1-3-8-22-16(12-5-6-12)20-21-17(22)24-10-15(23)19-13-7-4-11(2)14(18)9-13/h3-4,7,9,12H,1,5-6,8,10H2,2H3,(H,19,23). The molecule has 1 aromatic carbocycles. The Morgan fingerprint density at radius 3 is 2.96 bits per heavy atom. The number of nitrogens with one attached hydrogen (secondary N) is 1. The summed E-state index contributed by atoms with van der Waals surface area (Å²) >= 11 is 1.32. The van der Waals surface area contributed by atoms with E-state index in [1.165, 1.54) is 17.8 Å². The van der Waals surface area contributed by atoms with Crippen LogP contribution in [0.1, 0.15) is 30.1 Å². The Balaban J connectivity index is 1.61. The number of aromatic nitrogens is 3. The van der Waals surface area contributed by atoms with Gasteiger partial charge >= 0.3 is 0 Å². The molecular formula is C17H19FN4OS. The molecule has 1 aliphatic rings. The van der Waals surface area contributed by atoms with Gasteiger partial charge in [0.05, 0.1) is 5.75 Å². The number of anilines is 1. The van der Waals surface area contributed by atoms with Gasteiger partial charge in [-0.05, 0) is 37.5 Å². The minimum Gasteiger partial charge on any atom is -0.325 e. The van der Waals surface area contributed by atoms with E-state index >= 15 is 0 Å². The molecule has 0 unspecified atom stereocenters. The molecular weight excluding hydrogens is 327 g/mol. The lowest BCUT2D eigenvalue weighted by molar-refractivity contribution is -0.113. The Hall–Kier alpha value is -2.15. The second-order valence-electron chi connectivity index (χ2n) is 5.82. The highest BCUT2D eigenvalue weighted by Gasteiger charge is 2.30. The molecule has 1 N–H and O–H groups in total. The summed E-state index contributed by atoms with van der Waals surface area (Å²) in [6.45, 7) is 6.08. The average molecular weight is 346 g/mol. The molecule has 0 spiro atoms. The number of benzene rings is 1. The first-order valence-electron chi connectivity index (χ1n) is 7.81. The van der Waals surface area contributed by atoms with Gasteiger partial charge in [-0.25, -0.2) is 4.39 Å². The number of carbonyl (C=O) groups is 1. The zero-order valence-electron chi connectivity index (χ0n) is 13.5. The fraction of sp³-hybridized carbons (Fsp3) is 0.353. The van der Waals surface area contributed by atoms with E-state index in [0.717, 1.165) is 18.7 Å². The molecule has 3 rings (SSSR count). The SMILES string of the molecule is C=CCn1c(SCC(=O)Nc2ccc(C)c(F)c2)nnc1C1CC1. The van der Waals surface area contributed by atoms with Gasteiger partial charge in [0, 0.05) is 18.2 Å². The number of hydrogen-bond donors (Lipinski definition) is 1. The van der Waals surface area contributed by atoms with E-state index < -0.39 is 0 Å². The second kappa shape index (κ2) is 7.17. The molecule has 1 aromatic heterocycles. The third kappa shape index (κ3) is 3.84. The van der Waals surface area contributed by atoms with Crippen LogP contribution in [0.5, 0.6) is 0 Å². The minimum atomic E-state index is -0.333. The summed E-state index contributed by atoms with van der Waals surface area (Å²) in [5.41, 5.74) is 1.00. The van der Waals surface area contributed by atoms with Crippen LogP contribution in [0.2, 0.25) is 0 Å². The van der Waals surface area contributed by atoms with E-state index in [-0.39, 0.29) is 17.5 Å². The molecule has 2 aromatic rings. The Bertz CT molecular complexity index is 770. The maximum Gasteiger partial charge on any atom is 0.234 e. The van der Waals surface area contributed by atoms with E-state index in [9.17, 15) is 9.18 Å². The summed E-state index contributed by atoms with van der Waals surface area (Å²) < 4.78 is 15.5. The van der Waals surface area contributed by atoms with Gasteiger partial charge in [0.1, 0.15) is 11.6 Å². The van der Waals surface area contributed by atoms with Crippen LogP contribution < -0.4 is 5.32 Å². The maximum atomic E-state index is 13.5. The van der Waals surface area contributed by atoms with Gasteiger partial charge in [-0.3, -0.25) is 4.79 Å². The maximum absolute atomic E-state index is 13.5. The van der Waals surface area contributed by atoms with Gasteiger partial charge in [-0.2, -0.15) is 0 Å². The van der Waals surface area contributed by atoms with E-state index in [1.807, 2.05) is 4.57 Å². The second-order valence-corrected chi connectivity index (χ2v) is 6.76. The Morgan fingerprint density at radius 2 is 2.29 bits per heavy atom. The molecule has 0 saturated heterocycles. The van der Waals surface area contributed by atoms with E-state index in [1.54, 1.807) is 25.1 Å². The van der Waals surface area contributed by atoms with Gasteiger partial charge in [-0.15, -0.1) is 16.8 Å². The monoisotopic (exact) mass is 346 g/mol. The molecule has 126 valence electrons. The van der Waals surface area contributed by atoms with Crippen molar-refractivity contribution in [1.82, 2.24) is 14.8 Å². The molecule has 1 aliphatic carbocycles. The highest BCUT2D eigenvalue weighted by Crippen LogP contribution is 2.40. The molecule has 5 nitrogen and oxygen atoms in total. The number of hydrogen-bond acceptors (Lipinski definition) is 4. The fourth-order valence-electron chi connectivity index (χ4n) is 2.35. The lowest BCUT2D eigenvalue weighted by Gasteiger charge is -2.08. The largest absolute Gasteiger partial charge is 0.325 e. The third-order valence-electron chi connectivity index (χ3n) is 3.79. The van der Waals surface area contributed by atoms with Crippen molar-refractivity contribution >= 4 is 23.4 Å². The minimum absolute atomic E-state index is 0.190. The quantitative estimate of drug-likeness (QED) is 0.615. The van der Waals surface area contributed by atoms with Crippen LogP contribution in [0.15, 0.2) is 36.0 Å². The fourth-order valence-corrected chi connectivity index (χ4v) is 3.10. The molecule has 1 amide bonds. The number of halogens is 1. The highest BCUT2D eigenvalue weighted by atomic mass is 32.2. The van der Waals surface area contributed by atoms with Crippen molar-refractivity contribution in [2.24, 2.45) is 0 Å². The van der Waals surface area contributed by atoms with Crippen molar-refractivity contribution in [2.45, 2.75) is 37.4 Å². The van der Waals surface area contributed by atoms with Crippen LogP contribution in [0.25, 0.3) is 0 Å². The van der Waals surface area contributed by atoms with Gasteiger partial charge in [0.15, 0.2) is 5.16 Å². The molecule has 0 bridgehead atoms. The van der Waals surface area contributed by atoms with Crippen molar-refractivity contribution in [3.8, 4) is 0 Å². The number of allylic oxidation sites excluding steroid dienone is 1. The number of rotatable bonds is 7. The lowest BCUT2D eigenvalue weighted by Crippen LogP contribution is -2.15. The zero-order chi connectivity index (χ0) is 17.1. The summed E-state index contributed by atoms with van der Waals surface area (Å²) in [5, 5.41) is 11.8. The summed E-state index contributed by atoms with van der Waals surface area (Å²) in [6, 6.07) is 4.65. The lowest BCUT2D eigenvalue weighted by atomic mass is 10.2. The van der Waals surface area contributed by atoms with E-state index in [4.69, 9.17) is 0 Å². The Kier molecular flexibility index (Phi) is 4.99.